The number of rotatable bonds is 4. The fourth-order valence-electron chi connectivity index (χ4n) is 2.56. The van der Waals surface area contributed by atoms with E-state index in [-0.39, 0.29) is 15.6 Å². The van der Waals surface area contributed by atoms with E-state index in [2.05, 4.69) is 10.6 Å². The predicted octanol–water partition coefficient (Wildman–Crippen LogP) is 3.57. The summed E-state index contributed by atoms with van der Waals surface area (Å²) in [4.78, 5) is 24.6. The van der Waals surface area contributed by atoms with E-state index in [1.165, 1.54) is 12.1 Å². The van der Waals surface area contributed by atoms with Crippen LogP contribution in [-0.4, -0.2) is 17.1 Å². The fourth-order valence-corrected chi connectivity index (χ4v) is 3.85. The second-order valence-corrected chi connectivity index (χ2v) is 8.23. The first-order valence-electron chi connectivity index (χ1n) is 7.89. The monoisotopic (exact) mass is 406 g/mol. The molecule has 1 heterocycles. The molecule has 2 rings (SSSR count). The van der Waals surface area contributed by atoms with Crippen LogP contribution >= 0.6 is 23.4 Å². The summed E-state index contributed by atoms with van der Waals surface area (Å²) in [6.45, 7) is 4.89. The standard InChI is InChI=1S/C18H16ClFN4O2S/c1-9(15(25)23-10-4-5-14(20)13(19)6-10)27-17-12(8-22)18(2,3)11(7-21)16(26)24-17/h4-6,9,11H,1-3H3,(H,23,25)(H,24,26)/t9-,11+/m0/s1. The Hall–Kier alpha value is -2.55. The fraction of sp³-hybridized carbons (Fsp3) is 0.333. The number of carbonyl (C=O) groups is 2. The Morgan fingerprint density at radius 2 is 2.11 bits per heavy atom. The highest BCUT2D eigenvalue weighted by Gasteiger charge is 2.45. The number of hydrogen-bond acceptors (Lipinski definition) is 5. The van der Waals surface area contributed by atoms with Crippen LogP contribution in [0.25, 0.3) is 0 Å². The first-order chi connectivity index (χ1) is 12.6. The zero-order valence-electron chi connectivity index (χ0n) is 14.8. The number of nitriles is 2. The van der Waals surface area contributed by atoms with Crippen LogP contribution < -0.4 is 10.6 Å². The Morgan fingerprint density at radius 3 is 2.67 bits per heavy atom. The maximum atomic E-state index is 13.2. The van der Waals surface area contributed by atoms with Crippen molar-refractivity contribution in [3.63, 3.8) is 0 Å². The second kappa shape index (κ2) is 7.99. The number of nitrogens with zero attached hydrogens (tertiary/aromatic N) is 2. The number of amides is 2. The number of allylic oxidation sites excluding steroid dienone is 1. The van der Waals surface area contributed by atoms with Gasteiger partial charge in [0.15, 0.2) is 0 Å². The molecule has 0 aromatic heterocycles. The SMILES string of the molecule is C[C@H](SC1=C(C#N)C(C)(C)[C@H](C#N)C(=O)N1)C(=O)Nc1ccc(F)c(Cl)c1. The quantitative estimate of drug-likeness (QED) is 0.795. The molecular formula is C18H16ClFN4O2S. The molecule has 1 aliphatic rings. The molecule has 2 amide bonds. The van der Waals surface area contributed by atoms with Gasteiger partial charge in [0.25, 0.3) is 0 Å². The van der Waals surface area contributed by atoms with Gasteiger partial charge in [-0.25, -0.2) is 4.39 Å². The van der Waals surface area contributed by atoms with Crippen LogP contribution in [0.5, 0.6) is 0 Å². The summed E-state index contributed by atoms with van der Waals surface area (Å²) in [7, 11) is 0. The molecule has 0 spiro atoms. The van der Waals surface area contributed by atoms with E-state index >= 15 is 0 Å². The number of thioether (sulfide) groups is 1. The number of hydrogen-bond donors (Lipinski definition) is 2. The Balaban J connectivity index is 2.21. The van der Waals surface area contributed by atoms with Crippen LogP contribution in [0.4, 0.5) is 10.1 Å². The molecule has 1 aromatic carbocycles. The van der Waals surface area contributed by atoms with E-state index in [1.807, 2.05) is 12.1 Å². The minimum atomic E-state index is -0.998. The lowest BCUT2D eigenvalue weighted by Gasteiger charge is -2.35. The van der Waals surface area contributed by atoms with Crippen molar-refractivity contribution < 1.29 is 14.0 Å². The van der Waals surface area contributed by atoms with Crippen LogP contribution in [0.1, 0.15) is 20.8 Å². The number of halogens is 2. The summed E-state index contributed by atoms with van der Waals surface area (Å²) < 4.78 is 13.2. The van der Waals surface area contributed by atoms with Gasteiger partial charge in [-0.1, -0.05) is 37.2 Å². The van der Waals surface area contributed by atoms with Crippen molar-refractivity contribution in [2.24, 2.45) is 11.3 Å². The molecule has 2 atom stereocenters. The number of nitrogens with one attached hydrogen (secondary N) is 2. The number of carbonyl (C=O) groups excluding carboxylic acids is 2. The van der Waals surface area contributed by atoms with Gasteiger partial charge in [-0.15, -0.1) is 0 Å². The van der Waals surface area contributed by atoms with E-state index < -0.39 is 34.2 Å². The van der Waals surface area contributed by atoms with E-state index in [0.717, 1.165) is 17.8 Å². The summed E-state index contributed by atoms with van der Waals surface area (Å²) >= 11 is 6.70. The highest BCUT2D eigenvalue weighted by molar-refractivity contribution is 8.04. The molecule has 140 valence electrons. The van der Waals surface area contributed by atoms with Gasteiger partial charge in [0.1, 0.15) is 11.7 Å². The van der Waals surface area contributed by atoms with Crippen LogP contribution in [0.2, 0.25) is 5.02 Å². The second-order valence-electron chi connectivity index (χ2n) is 6.47. The minimum absolute atomic E-state index is 0.119. The van der Waals surface area contributed by atoms with Gasteiger partial charge < -0.3 is 10.6 Å². The van der Waals surface area contributed by atoms with E-state index in [4.69, 9.17) is 11.6 Å². The first-order valence-corrected chi connectivity index (χ1v) is 9.15. The smallest absolute Gasteiger partial charge is 0.243 e. The summed E-state index contributed by atoms with van der Waals surface area (Å²) in [6.07, 6.45) is 0. The molecule has 0 bridgehead atoms. The lowest BCUT2D eigenvalue weighted by atomic mass is 9.72. The van der Waals surface area contributed by atoms with Gasteiger partial charge in [0.05, 0.1) is 33.0 Å². The third-order valence-corrected chi connectivity index (χ3v) is 5.58. The summed E-state index contributed by atoms with van der Waals surface area (Å²) in [6, 6.07) is 7.76. The maximum absolute atomic E-state index is 13.2. The molecule has 0 unspecified atom stereocenters. The van der Waals surface area contributed by atoms with Crippen LogP contribution in [0.15, 0.2) is 28.8 Å². The molecule has 0 fully saturated rings. The highest BCUT2D eigenvalue weighted by atomic mass is 35.5. The molecule has 27 heavy (non-hydrogen) atoms. The molecule has 0 saturated heterocycles. The minimum Gasteiger partial charge on any atom is -0.325 e. The van der Waals surface area contributed by atoms with Gasteiger partial charge in [0, 0.05) is 11.1 Å². The van der Waals surface area contributed by atoms with Gasteiger partial charge >= 0.3 is 0 Å². The van der Waals surface area contributed by atoms with Gasteiger partial charge in [-0.3, -0.25) is 9.59 Å². The molecule has 0 radical (unpaired) electrons. The van der Waals surface area contributed by atoms with Crippen molar-refractivity contribution in [1.29, 1.82) is 10.5 Å². The largest absolute Gasteiger partial charge is 0.325 e. The highest BCUT2D eigenvalue weighted by Crippen LogP contribution is 2.42. The first kappa shape index (κ1) is 20.8. The van der Waals surface area contributed by atoms with Crippen LogP contribution in [0, 0.1) is 39.8 Å². The van der Waals surface area contributed by atoms with Crippen molar-refractivity contribution in [2.45, 2.75) is 26.0 Å². The predicted molar refractivity (Wildman–Crippen MR) is 101 cm³/mol. The van der Waals surface area contributed by atoms with Gasteiger partial charge in [-0.2, -0.15) is 10.5 Å². The Bertz CT molecular complexity index is 917. The van der Waals surface area contributed by atoms with Crippen molar-refractivity contribution in [3.8, 4) is 12.1 Å². The van der Waals surface area contributed by atoms with Crippen molar-refractivity contribution >= 4 is 40.9 Å². The Labute approximate surface area is 165 Å². The molecule has 1 aromatic rings. The lowest BCUT2D eigenvalue weighted by Crippen LogP contribution is -2.45. The summed E-state index contributed by atoms with van der Waals surface area (Å²) in [5.41, 5.74) is -0.413. The third kappa shape index (κ3) is 4.24. The maximum Gasteiger partial charge on any atom is 0.243 e. The van der Waals surface area contributed by atoms with E-state index in [9.17, 15) is 24.5 Å². The molecule has 2 N–H and O–H groups in total. The zero-order chi connectivity index (χ0) is 20.4. The van der Waals surface area contributed by atoms with Crippen LogP contribution in [-0.2, 0) is 9.59 Å². The molecule has 1 aliphatic heterocycles. The Morgan fingerprint density at radius 1 is 1.44 bits per heavy atom. The van der Waals surface area contributed by atoms with E-state index in [0.29, 0.717) is 5.69 Å². The summed E-state index contributed by atoms with van der Waals surface area (Å²) in [5.74, 6) is -2.52. The van der Waals surface area contributed by atoms with Crippen molar-refractivity contribution in [3.05, 3.63) is 39.6 Å². The average Bonchev–Trinajstić information content (AvgIpc) is 2.57. The molecule has 9 heteroatoms. The number of anilines is 1. The lowest BCUT2D eigenvalue weighted by molar-refractivity contribution is -0.125. The zero-order valence-corrected chi connectivity index (χ0v) is 16.3. The normalized spacial score (nSPS) is 19.5. The van der Waals surface area contributed by atoms with Gasteiger partial charge in [0.2, 0.25) is 11.8 Å². The molecule has 0 saturated carbocycles. The molecular weight excluding hydrogens is 391 g/mol. The third-order valence-electron chi connectivity index (χ3n) is 4.18. The van der Waals surface area contributed by atoms with Crippen LogP contribution in [0.3, 0.4) is 0 Å². The van der Waals surface area contributed by atoms with Crippen molar-refractivity contribution in [1.82, 2.24) is 5.32 Å². The average molecular weight is 407 g/mol. The molecule has 6 nitrogen and oxygen atoms in total. The summed E-state index contributed by atoms with van der Waals surface area (Å²) in [5, 5.41) is 23.3. The van der Waals surface area contributed by atoms with E-state index in [1.54, 1.807) is 20.8 Å². The van der Waals surface area contributed by atoms with Crippen molar-refractivity contribution in [2.75, 3.05) is 5.32 Å². The van der Waals surface area contributed by atoms with Gasteiger partial charge in [-0.05, 0) is 25.1 Å². The number of benzene rings is 1. The Kier molecular flexibility index (Phi) is 6.15. The molecule has 0 aliphatic carbocycles. The topological polar surface area (TPSA) is 106 Å².